The first kappa shape index (κ1) is 19.8. The molecule has 2 heterocycles. The number of nitrogens with zero attached hydrogens (tertiary/aromatic N) is 2. The van der Waals surface area contributed by atoms with E-state index in [1.165, 1.54) is 9.80 Å². The van der Waals surface area contributed by atoms with Crippen molar-refractivity contribution < 1.29 is 19.2 Å². The molecule has 1 aliphatic carbocycles. The van der Waals surface area contributed by atoms with Crippen LogP contribution in [-0.2, 0) is 25.7 Å². The van der Waals surface area contributed by atoms with Gasteiger partial charge in [0, 0.05) is 17.9 Å². The topological polar surface area (TPSA) is 74.8 Å². The fourth-order valence-corrected chi connectivity index (χ4v) is 5.31. The molecule has 2 saturated heterocycles. The van der Waals surface area contributed by atoms with Crippen LogP contribution in [0.5, 0.6) is 0 Å². The summed E-state index contributed by atoms with van der Waals surface area (Å²) in [7, 11) is 0. The van der Waals surface area contributed by atoms with Crippen molar-refractivity contribution in [3.8, 4) is 0 Å². The van der Waals surface area contributed by atoms with Gasteiger partial charge in [0.2, 0.25) is 23.6 Å². The van der Waals surface area contributed by atoms with Crippen LogP contribution in [0.15, 0.2) is 30.3 Å². The van der Waals surface area contributed by atoms with Gasteiger partial charge in [0.1, 0.15) is 0 Å². The van der Waals surface area contributed by atoms with Crippen LogP contribution in [0, 0.1) is 23.7 Å². The molecule has 0 bridgehead atoms. The van der Waals surface area contributed by atoms with Gasteiger partial charge in [0.05, 0.1) is 18.4 Å². The molecule has 154 valence electrons. The van der Waals surface area contributed by atoms with Crippen LogP contribution < -0.4 is 0 Å². The Hall–Kier alpha value is -2.50. The van der Waals surface area contributed by atoms with E-state index in [2.05, 4.69) is 0 Å². The monoisotopic (exact) mass is 396 g/mol. The number of hydrogen-bond acceptors (Lipinski definition) is 4. The largest absolute Gasteiger partial charge is 0.279 e. The van der Waals surface area contributed by atoms with Crippen LogP contribution in [-0.4, -0.2) is 39.5 Å². The fourth-order valence-electron chi connectivity index (χ4n) is 5.31. The maximum atomic E-state index is 13.3. The highest BCUT2D eigenvalue weighted by Gasteiger charge is 2.58. The zero-order valence-electron chi connectivity index (χ0n) is 17.0. The smallest absolute Gasteiger partial charge is 0.234 e. The maximum absolute atomic E-state index is 13.3. The average Bonchev–Trinajstić information content (AvgIpc) is 3.07. The van der Waals surface area contributed by atoms with E-state index < -0.39 is 23.7 Å². The molecule has 6 nitrogen and oxygen atoms in total. The standard InChI is InChI=1S/C23H28N2O4/c1-14-18(22(28)24(20(14)26)13-16-9-5-3-6-10-16)19-15(2)21(27)25(23(19)29)17-11-7-4-8-12-17/h3,5-6,9-10,14-15,17-19H,4,7-8,11-13H2,1-2H3. The molecule has 3 fully saturated rings. The van der Waals surface area contributed by atoms with Gasteiger partial charge in [-0.05, 0) is 18.4 Å². The quantitative estimate of drug-likeness (QED) is 0.734. The van der Waals surface area contributed by atoms with Gasteiger partial charge in [-0.2, -0.15) is 0 Å². The van der Waals surface area contributed by atoms with E-state index in [0.29, 0.717) is 0 Å². The van der Waals surface area contributed by atoms with Crippen molar-refractivity contribution in [2.75, 3.05) is 0 Å². The Morgan fingerprint density at radius 3 is 2.00 bits per heavy atom. The number of carbonyl (C=O) groups is 4. The molecule has 1 saturated carbocycles. The summed E-state index contributed by atoms with van der Waals surface area (Å²) in [6, 6.07) is 9.30. The van der Waals surface area contributed by atoms with E-state index in [1.807, 2.05) is 30.3 Å². The van der Waals surface area contributed by atoms with Gasteiger partial charge in [-0.15, -0.1) is 0 Å². The average molecular weight is 396 g/mol. The number of hydrogen-bond donors (Lipinski definition) is 0. The van der Waals surface area contributed by atoms with Crippen molar-refractivity contribution in [3.05, 3.63) is 35.9 Å². The lowest BCUT2D eigenvalue weighted by Crippen LogP contribution is -2.43. The molecule has 0 radical (unpaired) electrons. The van der Waals surface area contributed by atoms with Gasteiger partial charge in [-0.1, -0.05) is 63.4 Å². The molecule has 0 aromatic heterocycles. The van der Waals surface area contributed by atoms with Gasteiger partial charge >= 0.3 is 0 Å². The van der Waals surface area contributed by atoms with Gasteiger partial charge < -0.3 is 0 Å². The number of amides is 4. The lowest BCUT2D eigenvalue weighted by atomic mass is 9.78. The number of carbonyl (C=O) groups excluding carboxylic acids is 4. The third kappa shape index (κ3) is 3.28. The van der Waals surface area contributed by atoms with Crippen LogP contribution in [0.2, 0.25) is 0 Å². The van der Waals surface area contributed by atoms with Crippen LogP contribution in [0.3, 0.4) is 0 Å². The molecular weight excluding hydrogens is 368 g/mol. The molecule has 2 aliphatic heterocycles. The lowest BCUT2D eigenvalue weighted by Gasteiger charge is -2.30. The first-order valence-corrected chi connectivity index (χ1v) is 10.7. The summed E-state index contributed by atoms with van der Waals surface area (Å²) in [4.78, 5) is 55.0. The summed E-state index contributed by atoms with van der Waals surface area (Å²) in [5.41, 5.74) is 0.868. The van der Waals surface area contributed by atoms with Crippen molar-refractivity contribution in [1.29, 1.82) is 0 Å². The predicted octanol–water partition coefficient (Wildman–Crippen LogP) is 2.76. The number of likely N-dealkylation sites (tertiary alicyclic amines) is 2. The van der Waals surface area contributed by atoms with Crippen molar-refractivity contribution in [2.24, 2.45) is 23.7 Å². The van der Waals surface area contributed by atoms with Gasteiger partial charge in [-0.3, -0.25) is 29.0 Å². The van der Waals surface area contributed by atoms with Gasteiger partial charge in [-0.25, -0.2) is 0 Å². The van der Waals surface area contributed by atoms with Crippen molar-refractivity contribution in [2.45, 2.75) is 58.5 Å². The molecule has 4 unspecified atom stereocenters. The zero-order chi connectivity index (χ0) is 20.7. The summed E-state index contributed by atoms with van der Waals surface area (Å²) in [6.45, 7) is 3.65. The Morgan fingerprint density at radius 1 is 0.759 bits per heavy atom. The molecule has 0 N–H and O–H groups in total. The fraction of sp³-hybridized carbons (Fsp3) is 0.565. The van der Waals surface area contributed by atoms with E-state index >= 15 is 0 Å². The molecule has 1 aromatic rings. The second-order valence-electron chi connectivity index (χ2n) is 8.72. The molecule has 0 spiro atoms. The van der Waals surface area contributed by atoms with Crippen LogP contribution in [0.25, 0.3) is 0 Å². The first-order chi connectivity index (χ1) is 13.9. The third-order valence-electron chi connectivity index (χ3n) is 6.94. The van der Waals surface area contributed by atoms with Crippen molar-refractivity contribution in [3.63, 3.8) is 0 Å². The summed E-state index contributed by atoms with van der Waals surface area (Å²) in [5.74, 6) is -3.67. The van der Waals surface area contributed by atoms with Crippen LogP contribution in [0.1, 0.15) is 51.5 Å². The Balaban J connectivity index is 1.58. The summed E-state index contributed by atoms with van der Waals surface area (Å²) in [6.07, 6.45) is 4.84. The number of rotatable bonds is 4. The molecular formula is C23H28N2O4. The minimum absolute atomic E-state index is 0.0564. The summed E-state index contributed by atoms with van der Waals surface area (Å²) < 4.78 is 0. The van der Waals surface area contributed by atoms with Gasteiger partial charge in [0.15, 0.2) is 0 Å². The first-order valence-electron chi connectivity index (χ1n) is 10.7. The number of benzene rings is 1. The van der Waals surface area contributed by atoms with Crippen LogP contribution >= 0.6 is 0 Å². The Bertz CT molecular complexity index is 831. The van der Waals surface area contributed by atoms with Crippen LogP contribution in [0.4, 0.5) is 0 Å². The normalized spacial score (nSPS) is 31.2. The SMILES string of the molecule is CC1C(=O)N(Cc2ccccc2)C(=O)C1C1C(=O)N(C2CCCCC2)C(=O)C1C. The molecule has 4 atom stereocenters. The molecule has 1 aromatic carbocycles. The minimum Gasteiger partial charge on any atom is -0.279 e. The Kier molecular flexibility index (Phi) is 5.28. The molecule has 6 heteroatoms. The molecule has 4 rings (SSSR count). The summed E-state index contributed by atoms with van der Waals surface area (Å²) in [5, 5.41) is 0. The highest BCUT2D eigenvalue weighted by Crippen LogP contribution is 2.43. The second-order valence-corrected chi connectivity index (χ2v) is 8.72. The van der Waals surface area contributed by atoms with Crippen molar-refractivity contribution >= 4 is 23.6 Å². The zero-order valence-corrected chi connectivity index (χ0v) is 17.0. The third-order valence-corrected chi connectivity index (χ3v) is 6.94. The highest BCUT2D eigenvalue weighted by molar-refractivity contribution is 6.11. The second kappa shape index (κ2) is 7.73. The molecule has 3 aliphatic rings. The predicted molar refractivity (Wildman–Crippen MR) is 106 cm³/mol. The van der Waals surface area contributed by atoms with Crippen molar-refractivity contribution in [1.82, 2.24) is 9.80 Å². The lowest BCUT2D eigenvalue weighted by molar-refractivity contribution is -0.146. The molecule has 4 amide bonds. The summed E-state index contributed by atoms with van der Waals surface area (Å²) >= 11 is 0. The minimum atomic E-state index is -0.758. The Labute approximate surface area is 171 Å². The number of imide groups is 2. The van der Waals surface area contributed by atoms with E-state index in [1.54, 1.807) is 13.8 Å². The maximum Gasteiger partial charge on any atom is 0.234 e. The molecule has 29 heavy (non-hydrogen) atoms. The van der Waals surface area contributed by atoms with Gasteiger partial charge in [0.25, 0.3) is 0 Å². The van der Waals surface area contributed by atoms with E-state index in [9.17, 15) is 19.2 Å². The Morgan fingerprint density at radius 2 is 1.34 bits per heavy atom. The van der Waals surface area contributed by atoms with E-state index in [0.717, 1.165) is 37.7 Å². The highest BCUT2D eigenvalue weighted by atomic mass is 16.2. The van der Waals surface area contributed by atoms with E-state index in [-0.39, 0.29) is 36.2 Å². The van der Waals surface area contributed by atoms with E-state index in [4.69, 9.17) is 0 Å².